The molecule has 1 aromatic heterocycles. The van der Waals surface area contributed by atoms with Crippen LogP contribution in [0.3, 0.4) is 0 Å². The van der Waals surface area contributed by atoms with Crippen LogP contribution in [0.1, 0.15) is 24.2 Å². The number of benzene rings is 2. The highest BCUT2D eigenvalue weighted by molar-refractivity contribution is 5.54. The molecule has 0 bridgehead atoms. The average molecular weight is 358 g/mol. The van der Waals surface area contributed by atoms with Crippen LogP contribution in [0.2, 0.25) is 0 Å². The molecule has 0 amide bonds. The third-order valence-electron chi connectivity index (χ3n) is 4.39. The number of aromatic nitrogens is 1. The number of hydrogen-bond acceptors (Lipinski definition) is 4. The Morgan fingerprint density at radius 1 is 1.12 bits per heavy atom. The SMILES string of the molecule is COc1ccc(-c2nc(CN(C)C(C)c3ccc(F)c(F)c3)co2)cc1. The summed E-state index contributed by atoms with van der Waals surface area (Å²) in [6.45, 7) is 2.44. The van der Waals surface area contributed by atoms with Crippen LogP contribution < -0.4 is 4.74 Å². The number of methoxy groups -OCH3 is 1. The zero-order valence-corrected chi connectivity index (χ0v) is 14.9. The molecule has 1 heterocycles. The molecule has 136 valence electrons. The molecule has 1 unspecified atom stereocenters. The molecule has 3 rings (SSSR count). The third kappa shape index (κ3) is 3.91. The highest BCUT2D eigenvalue weighted by atomic mass is 19.2. The normalized spacial score (nSPS) is 12.4. The van der Waals surface area contributed by atoms with Gasteiger partial charge < -0.3 is 9.15 Å². The van der Waals surface area contributed by atoms with E-state index in [0.29, 0.717) is 18.0 Å². The van der Waals surface area contributed by atoms with Crippen molar-refractivity contribution < 1.29 is 17.9 Å². The van der Waals surface area contributed by atoms with Crippen LogP contribution in [-0.4, -0.2) is 24.0 Å². The molecule has 0 saturated carbocycles. The van der Waals surface area contributed by atoms with Crippen molar-refractivity contribution in [1.82, 2.24) is 9.88 Å². The van der Waals surface area contributed by atoms with E-state index in [1.165, 1.54) is 6.07 Å². The van der Waals surface area contributed by atoms with E-state index >= 15 is 0 Å². The summed E-state index contributed by atoms with van der Waals surface area (Å²) >= 11 is 0. The van der Waals surface area contributed by atoms with E-state index in [0.717, 1.165) is 23.1 Å². The van der Waals surface area contributed by atoms with E-state index in [1.807, 2.05) is 43.1 Å². The van der Waals surface area contributed by atoms with Crippen LogP contribution in [0.25, 0.3) is 11.5 Å². The van der Waals surface area contributed by atoms with Crippen molar-refractivity contribution in [1.29, 1.82) is 0 Å². The molecule has 0 aliphatic rings. The first kappa shape index (κ1) is 18.1. The predicted molar refractivity (Wildman–Crippen MR) is 94.7 cm³/mol. The standard InChI is InChI=1S/C20H20F2N2O2/c1-13(15-6-9-18(21)19(22)10-15)24(2)11-16-12-26-20(23-16)14-4-7-17(25-3)8-5-14/h4-10,12-13H,11H2,1-3H3. The van der Waals surface area contributed by atoms with E-state index in [-0.39, 0.29) is 6.04 Å². The lowest BCUT2D eigenvalue weighted by molar-refractivity contribution is 0.249. The molecule has 2 aromatic carbocycles. The summed E-state index contributed by atoms with van der Waals surface area (Å²) < 4.78 is 37.2. The van der Waals surface area contributed by atoms with Crippen LogP contribution in [0.5, 0.6) is 5.75 Å². The molecule has 0 N–H and O–H groups in total. The van der Waals surface area contributed by atoms with Gasteiger partial charge in [0.15, 0.2) is 11.6 Å². The number of oxazole rings is 1. The zero-order chi connectivity index (χ0) is 18.7. The van der Waals surface area contributed by atoms with E-state index in [9.17, 15) is 8.78 Å². The summed E-state index contributed by atoms with van der Waals surface area (Å²) in [5.74, 6) is -0.396. The minimum absolute atomic E-state index is 0.105. The van der Waals surface area contributed by atoms with Gasteiger partial charge in [0.2, 0.25) is 5.89 Å². The van der Waals surface area contributed by atoms with Gasteiger partial charge in [-0.25, -0.2) is 13.8 Å². The summed E-state index contributed by atoms with van der Waals surface area (Å²) in [5.41, 5.74) is 2.31. The minimum Gasteiger partial charge on any atom is -0.497 e. The second-order valence-electron chi connectivity index (χ2n) is 6.14. The fourth-order valence-corrected chi connectivity index (χ4v) is 2.66. The highest BCUT2D eigenvalue weighted by Gasteiger charge is 2.16. The molecule has 0 saturated heterocycles. The van der Waals surface area contributed by atoms with Gasteiger partial charge in [-0.3, -0.25) is 4.90 Å². The minimum atomic E-state index is -0.843. The molecule has 6 heteroatoms. The summed E-state index contributed by atoms with van der Waals surface area (Å²) in [5, 5.41) is 0. The molecule has 0 aliphatic carbocycles. The lowest BCUT2D eigenvalue weighted by Gasteiger charge is -2.24. The molecule has 0 fully saturated rings. The molecule has 1 atom stereocenters. The molecular formula is C20H20F2N2O2. The van der Waals surface area contributed by atoms with Gasteiger partial charge in [-0.2, -0.15) is 0 Å². The molecule has 0 radical (unpaired) electrons. The number of rotatable bonds is 6. The Bertz CT molecular complexity index is 878. The van der Waals surface area contributed by atoms with Crippen LogP contribution in [-0.2, 0) is 6.54 Å². The topological polar surface area (TPSA) is 38.5 Å². The maximum atomic E-state index is 13.4. The molecular weight excluding hydrogens is 338 g/mol. The lowest BCUT2D eigenvalue weighted by Crippen LogP contribution is -2.22. The van der Waals surface area contributed by atoms with Crippen molar-refractivity contribution in [3.63, 3.8) is 0 Å². The van der Waals surface area contributed by atoms with Gasteiger partial charge in [0.05, 0.1) is 12.8 Å². The maximum absolute atomic E-state index is 13.4. The molecule has 0 aliphatic heterocycles. The second kappa shape index (κ2) is 7.66. The first-order valence-electron chi connectivity index (χ1n) is 8.22. The Kier molecular flexibility index (Phi) is 5.32. The van der Waals surface area contributed by atoms with Gasteiger partial charge >= 0.3 is 0 Å². The smallest absolute Gasteiger partial charge is 0.226 e. The molecule has 4 nitrogen and oxygen atoms in total. The zero-order valence-electron chi connectivity index (χ0n) is 14.9. The molecule has 26 heavy (non-hydrogen) atoms. The summed E-state index contributed by atoms with van der Waals surface area (Å²) in [7, 11) is 3.51. The number of nitrogens with zero attached hydrogens (tertiary/aromatic N) is 2. The third-order valence-corrected chi connectivity index (χ3v) is 4.39. The van der Waals surface area contributed by atoms with Crippen LogP contribution in [0.15, 0.2) is 53.1 Å². The first-order valence-corrected chi connectivity index (χ1v) is 8.22. The largest absolute Gasteiger partial charge is 0.497 e. The van der Waals surface area contributed by atoms with Gasteiger partial charge in [-0.05, 0) is 55.9 Å². The van der Waals surface area contributed by atoms with Crippen molar-refractivity contribution in [2.45, 2.75) is 19.5 Å². The Morgan fingerprint density at radius 3 is 2.50 bits per heavy atom. The fourth-order valence-electron chi connectivity index (χ4n) is 2.66. The average Bonchev–Trinajstić information content (AvgIpc) is 3.12. The van der Waals surface area contributed by atoms with Crippen LogP contribution in [0, 0.1) is 11.6 Å². The van der Waals surface area contributed by atoms with E-state index in [1.54, 1.807) is 19.4 Å². The number of halogens is 2. The van der Waals surface area contributed by atoms with Gasteiger partial charge in [-0.15, -0.1) is 0 Å². The molecule has 0 spiro atoms. The Hall–Kier alpha value is -2.73. The van der Waals surface area contributed by atoms with Gasteiger partial charge in [-0.1, -0.05) is 6.07 Å². The summed E-state index contributed by atoms with van der Waals surface area (Å²) in [6, 6.07) is 11.3. The summed E-state index contributed by atoms with van der Waals surface area (Å²) in [4.78, 5) is 6.49. The Morgan fingerprint density at radius 2 is 1.85 bits per heavy atom. The predicted octanol–water partition coefficient (Wildman–Crippen LogP) is 4.82. The number of ether oxygens (including phenoxy) is 1. The van der Waals surface area contributed by atoms with Gasteiger partial charge in [0.25, 0.3) is 0 Å². The van der Waals surface area contributed by atoms with Crippen LogP contribution >= 0.6 is 0 Å². The quantitative estimate of drug-likeness (QED) is 0.633. The second-order valence-corrected chi connectivity index (χ2v) is 6.14. The van der Waals surface area contributed by atoms with Gasteiger partial charge in [0.1, 0.15) is 12.0 Å². The number of hydrogen-bond donors (Lipinski definition) is 0. The fraction of sp³-hybridized carbons (Fsp3) is 0.250. The maximum Gasteiger partial charge on any atom is 0.226 e. The van der Waals surface area contributed by atoms with Crippen molar-refractivity contribution in [3.8, 4) is 17.2 Å². The molecule has 3 aromatic rings. The lowest BCUT2D eigenvalue weighted by atomic mass is 10.1. The van der Waals surface area contributed by atoms with Crippen LogP contribution in [0.4, 0.5) is 8.78 Å². The van der Waals surface area contributed by atoms with Crippen molar-refractivity contribution in [2.24, 2.45) is 0 Å². The van der Waals surface area contributed by atoms with Crippen molar-refractivity contribution >= 4 is 0 Å². The van der Waals surface area contributed by atoms with Gasteiger partial charge in [0, 0.05) is 18.2 Å². The van der Waals surface area contributed by atoms with Crippen molar-refractivity contribution in [2.75, 3.05) is 14.2 Å². The van der Waals surface area contributed by atoms with E-state index in [2.05, 4.69) is 4.98 Å². The Balaban J connectivity index is 1.70. The summed E-state index contributed by atoms with van der Waals surface area (Å²) in [6.07, 6.45) is 1.61. The van der Waals surface area contributed by atoms with Crippen molar-refractivity contribution in [3.05, 3.63) is 71.6 Å². The first-order chi connectivity index (χ1) is 12.5. The van der Waals surface area contributed by atoms with E-state index < -0.39 is 11.6 Å². The highest BCUT2D eigenvalue weighted by Crippen LogP contribution is 2.25. The monoisotopic (exact) mass is 358 g/mol. The Labute approximate surface area is 151 Å². The van der Waals surface area contributed by atoms with E-state index in [4.69, 9.17) is 9.15 Å².